The van der Waals surface area contributed by atoms with Gasteiger partial charge in [0.05, 0.1) is 19.3 Å². The van der Waals surface area contributed by atoms with Crippen LogP contribution in [0.4, 0.5) is 0 Å². The monoisotopic (exact) mass is 491 g/mol. The molecular formula is C29H49NO5. The minimum absolute atomic E-state index is 0.00168. The SMILES string of the molecule is COCC(O)COC1CC[C@@]2(C)C(CC[C@@H]3[C@@H]2CC[C@@]2(C)[C@H]3CCCN2C(=O)[C@H]2CCCCO2)C1. The number of carbonyl (C=O) groups excluding carboxylic acids is 1. The van der Waals surface area contributed by atoms with Crippen molar-refractivity contribution in [2.75, 3.05) is 33.5 Å². The zero-order valence-corrected chi connectivity index (χ0v) is 22.4. The van der Waals surface area contributed by atoms with Gasteiger partial charge in [0.1, 0.15) is 12.2 Å². The highest BCUT2D eigenvalue weighted by Crippen LogP contribution is 2.63. The maximum absolute atomic E-state index is 13.6. The molecule has 1 amide bonds. The van der Waals surface area contributed by atoms with Gasteiger partial charge >= 0.3 is 0 Å². The van der Waals surface area contributed by atoms with Crippen LogP contribution in [0.2, 0.25) is 0 Å². The molecule has 5 fully saturated rings. The molecule has 0 aromatic carbocycles. The van der Waals surface area contributed by atoms with E-state index in [4.69, 9.17) is 14.2 Å². The molecule has 200 valence electrons. The average molecular weight is 492 g/mol. The minimum atomic E-state index is -0.531. The van der Waals surface area contributed by atoms with Crippen LogP contribution in [0.1, 0.15) is 90.9 Å². The topological polar surface area (TPSA) is 68.2 Å². The molecule has 3 aliphatic carbocycles. The van der Waals surface area contributed by atoms with Crippen molar-refractivity contribution in [1.29, 1.82) is 0 Å². The van der Waals surface area contributed by atoms with Crippen molar-refractivity contribution in [2.24, 2.45) is 29.1 Å². The number of likely N-dealkylation sites (tertiary alicyclic amines) is 1. The maximum atomic E-state index is 13.6. The van der Waals surface area contributed by atoms with E-state index in [2.05, 4.69) is 18.7 Å². The predicted molar refractivity (Wildman–Crippen MR) is 135 cm³/mol. The molecule has 1 N–H and O–H groups in total. The van der Waals surface area contributed by atoms with Crippen molar-refractivity contribution >= 4 is 5.91 Å². The Labute approximate surface area is 212 Å². The summed E-state index contributed by atoms with van der Waals surface area (Å²) in [5.41, 5.74) is 0.381. The number of hydrogen-bond acceptors (Lipinski definition) is 5. The van der Waals surface area contributed by atoms with Gasteiger partial charge < -0.3 is 24.2 Å². The van der Waals surface area contributed by atoms with E-state index in [0.29, 0.717) is 30.5 Å². The highest BCUT2D eigenvalue weighted by molar-refractivity contribution is 5.82. The fourth-order valence-corrected chi connectivity index (χ4v) is 9.21. The summed E-state index contributed by atoms with van der Waals surface area (Å²) in [6.45, 7) is 7.36. The van der Waals surface area contributed by atoms with Gasteiger partial charge in [0, 0.05) is 25.8 Å². The molecule has 35 heavy (non-hydrogen) atoms. The number of amides is 1. The highest BCUT2D eigenvalue weighted by Gasteiger charge is 2.59. The van der Waals surface area contributed by atoms with Crippen molar-refractivity contribution < 1.29 is 24.1 Å². The number of nitrogens with zero attached hydrogens (tertiary/aromatic N) is 1. The van der Waals surface area contributed by atoms with Gasteiger partial charge in [-0.2, -0.15) is 0 Å². The normalized spacial score (nSPS) is 44.6. The van der Waals surface area contributed by atoms with E-state index in [1.54, 1.807) is 7.11 Å². The van der Waals surface area contributed by atoms with Gasteiger partial charge in [-0.05, 0) is 113 Å². The molecule has 0 bridgehead atoms. The molecule has 2 aliphatic heterocycles. The Morgan fingerprint density at radius 2 is 1.89 bits per heavy atom. The summed E-state index contributed by atoms with van der Waals surface area (Å²) in [7, 11) is 1.62. The molecule has 6 heteroatoms. The van der Waals surface area contributed by atoms with Crippen molar-refractivity contribution in [2.45, 2.75) is 115 Å². The van der Waals surface area contributed by atoms with E-state index in [1.807, 2.05) is 0 Å². The molecule has 3 saturated carbocycles. The second-order valence-electron chi connectivity index (χ2n) is 12.9. The van der Waals surface area contributed by atoms with Crippen LogP contribution in [0.3, 0.4) is 0 Å². The van der Waals surface area contributed by atoms with E-state index in [9.17, 15) is 9.90 Å². The largest absolute Gasteiger partial charge is 0.388 e. The average Bonchev–Trinajstić information content (AvgIpc) is 2.87. The second-order valence-corrected chi connectivity index (χ2v) is 12.9. The Bertz CT molecular complexity index is 741. The molecule has 3 unspecified atom stereocenters. The number of methoxy groups -OCH3 is 1. The lowest BCUT2D eigenvalue weighted by atomic mass is 9.45. The molecule has 6 nitrogen and oxygen atoms in total. The van der Waals surface area contributed by atoms with E-state index in [0.717, 1.165) is 69.9 Å². The summed E-state index contributed by atoms with van der Waals surface area (Å²) in [6.07, 6.45) is 13.5. The molecular weight excluding hydrogens is 442 g/mol. The smallest absolute Gasteiger partial charge is 0.252 e. The number of rotatable bonds is 6. The first kappa shape index (κ1) is 25.9. The Hall–Kier alpha value is -0.690. The third-order valence-electron chi connectivity index (χ3n) is 11.1. The molecule has 0 radical (unpaired) electrons. The van der Waals surface area contributed by atoms with Crippen molar-refractivity contribution in [1.82, 2.24) is 4.90 Å². The summed E-state index contributed by atoms with van der Waals surface area (Å²) in [6, 6.07) is 0. The standard InChI is InChI=1S/C29H49NO5/c1-28-13-11-22(35-19-21(31)18-33-3)17-20(28)9-10-23-24(28)12-14-29(2)25(23)7-6-15-30(29)27(32)26-8-4-5-16-34-26/h20-26,31H,4-19H2,1-3H3/t20?,21?,22?,23-,24+,25+,26-,28+,29+/m1/s1. The number of fused-ring (bicyclic) bond motifs is 5. The van der Waals surface area contributed by atoms with Gasteiger partial charge in [0.25, 0.3) is 5.91 Å². The lowest BCUT2D eigenvalue weighted by Gasteiger charge is -2.64. The second kappa shape index (κ2) is 10.6. The van der Waals surface area contributed by atoms with Gasteiger partial charge in [-0.1, -0.05) is 6.92 Å². The van der Waals surface area contributed by atoms with E-state index < -0.39 is 6.10 Å². The maximum Gasteiger partial charge on any atom is 0.252 e. The van der Waals surface area contributed by atoms with E-state index >= 15 is 0 Å². The van der Waals surface area contributed by atoms with Gasteiger partial charge in [-0.25, -0.2) is 0 Å². The first-order chi connectivity index (χ1) is 16.9. The first-order valence-electron chi connectivity index (χ1n) is 14.6. The fraction of sp³-hybridized carbons (Fsp3) is 0.966. The van der Waals surface area contributed by atoms with Gasteiger partial charge in [0.15, 0.2) is 0 Å². The zero-order valence-electron chi connectivity index (χ0n) is 22.4. The van der Waals surface area contributed by atoms with Crippen LogP contribution in [-0.2, 0) is 19.0 Å². The summed E-state index contributed by atoms with van der Waals surface area (Å²) >= 11 is 0. The summed E-state index contributed by atoms with van der Waals surface area (Å²) in [5, 5.41) is 10.0. The Kier molecular flexibility index (Phi) is 7.85. The molecule has 5 rings (SSSR count). The number of aliphatic hydroxyl groups excluding tert-OH is 1. The highest BCUT2D eigenvalue weighted by atomic mass is 16.5. The third kappa shape index (κ3) is 4.82. The Morgan fingerprint density at radius 1 is 1.03 bits per heavy atom. The molecule has 2 saturated heterocycles. The quantitative estimate of drug-likeness (QED) is 0.589. The van der Waals surface area contributed by atoms with Gasteiger partial charge in [-0.15, -0.1) is 0 Å². The van der Waals surface area contributed by atoms with Crippen LogP contribution in [0.15, 0.2) is 0 Å². The minimum Gasteiger partial charge on any atom is -0.388 e. The van der Waals surface area contributed by atoms with Crippen LogP contribution in [0.5, 0.6) is 0 Å². The Balaban J connectivity index is 1.26. The van der Waals surface area contributed by atoms with Crippen LogP contribution >= 0.6 is 0 Å². The number of carbonyl (C=O) groups is 1. The van der Waals surface area contributed by atoms with E-state index in [-0.39, 0.29) is 23.7 Å². The lowest BCUT2D eigenvalue weighted by Crippen LogP contribution is -2.66. The van der Waals surface area contributed by atoms with Crippen molar-refractivity contribution in [3.05, 3.63) is 0 Å². The number of piperidine rings is 1. The third-order valence-corrected chi connectivity index (χ3v) is 11.1. The Morgan fingerprint density at radius 3 is 2.66 bits per heavy atom. The lowest BCUT2D eigenvalue weighted by molar-refractivity contribution is -0.178. The molecule has 0 spiro atoms. The molecule has 2 heterocycles. The zero-order chi connectivity index (χ0) is 24.6. The van der Waals surface area contributed by atoms with Crippen LogP contribution < -0.4 is 0 Å². The molecule has 9 atom stereocenters. The predicted octanol–water partition coefficient (Wildman–Crippen LogP) is 4.57. The van der Waals surface area contributed by atoms with E-state index in [1.165, 1.54) is 32.1 Å². The first-order valence-corrected chi connectivity index (χ1v) is 14.6. The van der Waals surface area contributed by atoms with Crippen molar-refractivity contribution in [3.63, 3.8) is 0 Å². The van der Waals surface area contributed by atoms with Crippen molar-refractivity contribution in [3.8, 4) is 0 Å². The van der Waals surface area contributed by atoms with Gasteiger partial charge in [0.2, 0.25) is 0 Å². The van der Waals surface area contributed by atoms with Crippen LogP contribution in [0.25, 0.3) is 0 Å². The molecule has 5 aliphatic rings. The molecule has 0 aromatic heterocycles. The summed E-state index contributed by atoms with van der Waals surface area (Å²) in [4.78, 5) is 15.9. The van der Waals surface area contributed by atoms with Crippen LogP contribution in [-0.4, -0.2) is 73.2 Å². The van der Waals surface area contributed by atoms with Crippen LogP contribution in [0, 0.1) is 29.1 Å². The fourth-order valence-electron chi connectivity index (χ4n) is 9.21. The number of hydrogen-bond donors (Lipinski definition) is 1. The summed E-state index contributed by atoms with van der Waals surface area (Å²) < 4.78 is 17.1. The number of ether oxygens (including phenoxy) is 3. The number of aliphatic hydroxyl groups is 1. The van der Waals surface area contributed by atoms with Gasteiger partial charge in [-0.3, -0.25) is 4.79 Å². The summed E-state index contributed by atoms with van der Waals surface area (Å²) in [5.74, 6) is 3.12. The molecule has 0 aromatic rings.